The predicted molar refractivity (Wildman–Crippen MR) is 67.1 cm³/mol. The summed E-state index contributed by atoms with van der Waals surface area (Å²) in [6, 6.07) is 10.7. The zero-order chi connectivity index (χ0) is 10.5. The van der Waals surface area contributed by atoms with Gasteiger partial charge in [0.05, 0.1) is 0 Å². The molecule has 1 saturated heterocycles. The summed E-state index contributed by atoms with van der Waals surface area (Å²) in [5, 5.41) is 0. The smallest absolute Gasteiger partial charge is 0.0215 e. The third-order valence-corrected chi connectivity index (χ3v) is 3.31. The molecule has 1 fully saturated rings. The molecule has 1 aromatic rings. The highest BCUT2D eigenvalue weighted by atomic mass is 32.1. The van der Waals surface area contributed by atoms with E-state index >= 15 is 0 Å². The molecule has 0 spiro atoms. The van der Waals surface area contributed by atoms with Gasteiger partial charge in [0.25, 0.3) is 0 Å². The molecule has 2 nitrogen and oxygen atoms in total. The second kappa shape index (κ2) is 5.54. The van der Waals surface area contributed by atoms with Crippen LogP contribution in [0.25, 0.3) is 0 Å². The van der Waals surface area contributed by atoms with E-state index in [4.69, 9.17) is 0 Å². The summed E-state index contributed by atoms with van der Waals surface area (Å²) in [7, 11) is 0. The van der Waals surface area contributed by atoms with Gasteiger partial charge in [-0.1, -0.05) is 43.1 Å². The molecule has 0 radical (unpaired) electrons. The minimum absolute atomic E-state index is 1.08. The van der Waals surface area contributed by atoms with Crippen molar-refractivity contribution in [3.05, 3.63) is 35.9 Å². The summed E-state index contributed by atoms with van der Waals surface area (Å²) < 4.78 is 2.10. The first-order valence-electron chi connectivity index (χ1n) is 5.55. The highest BCUT2D eigenvalue weighted by Gasteiger charge is 2.13. The summed E-state index contributed by atoms with van der Waals surface area (Å²) in [5.41, 5.74) is 1.44. The van der Waals surface area contributed by atoms with E-state index < -0.39 is 0 Å². The van der Waals surface area contributed by atoms with Gasteiger partial charge in [0.1, 0.15) is 0 Å². The van der Waals surface area contributed by atoms with Crippen molar-refractivity contribution in [1.29, 1.82) is 0 Å². The standard InChI is InChI=1S/C12H18N2S/c15-14-10-8-13(9-11-14)7-6-12-4-2-1-3-5-12/h1-5,15H,6-11H2. The van der Waals surface area contributed by atoms with Crippen molar-refractivity contribution in [1.82, 2.24) is 9.21 Å². The minimum atomic E-state index is 1.08. The van der Waals surface area contributed by atoms with E-state index in [1.165, 1.54) is 12.1 Å². The first kappa shape index (κ1) is 11.0. The van der Waals surface area contributed by atoms with Crippen molar-refractivity contribution in [2.75, 3.05) is 32.7 Å². The maximum Gasteiger partial charge on any atom is 0.0215 e. The quantitative estimate of drug-likeness (QED) is 0.778. The van der Waals surface area contributed by atoms with Crippen LogP contribution in [-0.4, -0.2) is 41.9 Å². The second-order valence-electron chi connectivity index (χ2n) is 4.03. The Kier molecular flexibility index (Phi) is 4.06. The Morgan fingerprint density at radius 2 is 1.67 bits per heavy atom. The van der Waals surface area contributed by atoms with Gasteiger partial charge in [-0.2, -0.15) is 0 Å². The van der Waals surface area contributed by atoms with Crippen LogP contribution in [0.2, 0.25) is 0 Å². The molecule has 1 aliphatic rings. The molecule has 0 saturated carbocycles. The van der Waals surface area contributed by atoms with Gasteiger partial charge in [-0.15, -0.1) is 0 Å². The van der Waals surface area contributed by atoms with Gasteiger partial charge in [0, 0.05) is 32.7 Å². The lowest BCUT2D eigenvalue weighted by Gasteiger charge is -2.31. The molecule has 0 aromatic heterocycles. The van der Waals surface area contributed by atoms with Crippen LogP contribution in [0.15, 0.2) is 30.3 Å². The lowest BCUT2D eigenvalue weighted by atomic mass is 10.1. The van der Waals surface area contributed by atoms with Crippen LogP contribution in [0.3, 0.4) is 0 Å². The molecule has 0 unspecified atom stereocenters. The Morgan fingerprint density at radius 1 is 1.00 bits per heavy atom. The van der Waals surface area contributed by atoms with Crippen molar-refractivity contribution in [3.63, 3.8) is 0 Å². The molecule has 0 atom stereocenters. The van der Waals surface area contributed by atoms with Crippen LogP contribution >= 0.6 is 12.8 Å². The molecule has 0 N–H and O–H groups in total. The van der Waals surface area contributed by atoms with Crippen LogP contribution in [-0.2, 0) is 6.42 Å². The summed E-state index contributed by atoms with van der Waals surface area (Å²) in [5.74, 6) is 0. The maximum atomic E-state index is 4.35. The molecule has 0 bridgehead atoms. The van der Waals surface area contributed by atoms with E-state index in [1.807, 2.05) is 0 Å². The number of piperazine rings is 1. The van der Waals surface area contributed by atoms with E-state index in [-0.39, 0.29) is 0 Å². The average Bonchev–Trinajstić information content (AvgIpc) is 2.30. The van der Waals surface area contributed by atoms with Crippen molar-refractivity contribution < 1.29 is 0 Å². The molecule has 2 rings (SSSR count). The van der Waals surface area contributed by atoms with Crippen molar-refractivity contribution >= 4 is 12.8 Å². The average molecular weight is 222 g/mol. The summed E-state index contributed by atoms with van der Waals surface area (Å²) in [4.78, 5) is 2.51. The van der Waals surface area contributed by atoms with Gasteiger partial charge in [-0.3, -0.25) is 4.31 Å². The molecule has 15 heavy (non-hydrogen) atoms. The molecule has 1 heterocycles. The van der Waals surface area contributed by atoms with E-state index in [0.29, 0.717) is 0 Å². The molecular formula is C12H18N2S. The molecule has 3 heteroatoms. The fourth-order valence-electron chi connectivity index (χ4n) is 1.89. The first-order valence-corrected chi connectivity index (χ1v) is 5.95. The predicted octanol–water partition coefficient (Wildman–Crippen LogP) is 1.69. The largest absolute Gasteiger partial charge is 0.300 e. The van der Waals surface area contributed by atoms with Gasteiger partial charge >= 0.3 is 0 Å². The van der Waals surface area contributed by atoms with Gasteiger partial charge in [-0.05, 0) is 12.0 Å². The monoisotopic (exact) mass is 222 g/mol. The SMILES string of the molecule is SN1CCN(CCc2ccccc2)CC1. The van der Waals surface area contributed by atoms with E-state index in [0.717, 1.165) is 32.6 Å². The molecule has 82 valence electrons. The fourth-order valence-corrected chi connectivity index (χ4v) is 2.07. The van der Waals surface area contributed by atoms with Crippen molar-refractivity contribution in [2.45, 2.75) is 6.42 Å². The van der Waals surface area contributed by atoms with Gasteiger partial charge in [0.2, 0.25) is 0 Å². The Hall–Kier alpha value is -0.510. The normalized spacial score (nSPS) is 19.3. The summed E-state index contributed by atoms with van der Waals surface area (Å²) in [6.45, 7) is 5.63. The third kappa shape index (κ3) is 3.52. The second-order valence-corrected chi connectivity index (χ2v) is 4.60. The molecule has 0 amide bonds. The van der Waals surface area contributed by atoms with Crippen LogP contribution in [0, 0.1) is 0 Å². The maximum absolute atomic E-state index is 4.35. The zero-order valence-electron chi connectivity index (χ0n) is 8.97. The number of hydrogen-bond donors (Lipinski definition) is 1. The summed E-state index contributed by atoms with van der Waals surface area (Å²) >= 11 is 4.35. The molecular weight excluding hydrogens is 204 g/mol. The lowest BCUT2D eigenvalue weighted by molar-refractivity contribution is 0.200. The fraction of sp³-hybridized carbons (Fsp3) is 0.500. The van der Waals surface area contributed by atoms with Crippen LogP contribution in [0.1, 0.15) is 5.56 Å². The van der Waals surface area contributed by atoms with E-state index in [2.05, 4.69) is 52.4 Å². The topological polar surface area (TPSA) is 6.48 Å². The Morgan fingerprint density at radius 3 is 2.33 bits per heavy atom. The van der Waals surface area contributed by atoms with Crippen molar-refractivity contribution in [3.8, 4) is 0 Å². The third-order valence-electron chi connectivity index (χ3n) is 2.91. The highest BCUT2D eigenvalue weighted by molar-refractivity contribution is 7.77. The Labute approximate surface area is 97.4 Å². The zero-order valence-corrected chi connectivity index (χ0v) is 9.87. The molecule has 0 aliphatic carbocycles. The van der Waals surface area contributed by atoms with Crippen LogP contribution < -0.4 is 0 Å². The van der Waals surface area contributed by atoms with Gasteiger partial charge in [0.15, 0.2) is 0 Å². The number of thiol groups is 1. The van der Waals surface area contributed by atoms with Crippen LogP contribution in [0.4, 0.5) is 0 Å². The molecule has 1 aliphatic heterocycles. The minimum Gasteiger partial charge on any atom is -0.300 e. The number of hydrogen-bond acceptors (Lipinski definition) is 3. The molecule has 1 aromatic carbocycles. The highest BCUT2D eigenvalue weighted by Crippen LogP contribution is 2.06. The van der Waals surface area contributed by atoms with Crippen molar-refractivity contribution in [2.24, 2.45) is 0 Å². The Balaban J connectivity index is 1.74. The number of benzene rings is 1. The van der Waals surface area contributed by atoms with E-state index in [9.17, 15) is 0 Å². The summed E-state index contributed by atoms with van der Waals surface area (Å²) in [6.07, 6.45) is 1.16. The van der Waals surface area contributed by atoms with Gasteiger partial charge < -0.3 is 4.90 Å². The number of rotatable bonds is 3. The van der Waals surface area contributed by atoms with E-state index in [1.54, 1.807) is 0 Å². The first-order chi connectivity index (χ1) is 7.34. The number of nitrogens with zero attached hydrogens (tertiary/aromatic N) is 2. The Bertz CT molecular complexity index is 281. The van der Waals surface area contributed by atoms with Gasteiger partial charge in [-0.25, -0.2) is 0 Å². The lowest BCUT2D eigenvalue weighted by Crippen LogP contribution is -2.43. The van der Waals surface area contributed by atoms with Crippen LogP contribution in [0.5, 0.6) is 0 Å².